The molecule has 0 bridgehead atoms. The summed E-state index contributed by atoms with van der Waals surface area (Å²) in [6.07, 6.45) is -1.43. The number of anilines is 1. The molecule has 2 aromatic rings. The number of hydrogen-bond donors (Lipinski definition) is 3. The van der Waals surface area contributed by atoms with Crippen LogP contribution in [0.15, 0.2) is 18.2 Å². The molecule has 3 N–H and O–H groups in total. The van der Waals surface area contributed by atoms with Gasteiger partial charge in [0.15, 0.2) is 22.9 Å². The largest absolute Gasteiger partial charge is 0.471 e. The number of phosphoric ester groups is 1. The van der Waals surface area contributed by atoms with E-state index in [1.807, 2.05) is 0 Å². The van der Waals surface area contributed by atoms with Crippen LogP contribution in [0.3, 0.4) is 0 Å². The molecule has 0 aliphatic rings. The van der Waals surface area contributed by atoms with E-state index in [2.05, 4.69) is 14.9 Å². The van der Waals surface area contributed by atoms with Crippen molar-refractivity contribution in [1.82, 2.24) is 9.78 Å². The summed E-state index contributed by atoms with van der Waals surface area (Å²) < 4.78 is 30.0. The molecule has 2 rings (SSSR count). The number of hydrogen-bond acceptors (Lipinski definition) is 4. The van der Waals surface area contributed by atoms with Gasteiger partial charge in [0.2, 0.25) is 0 Å². The molecule has 0 saturated heterocycles. The van der Waals surface area contributed by atoms with Crippen LogP contribution in [-0.2, 0) is 9.09 Å². The number of phosphoric acid groups is 1. The lowest BCUT2D eigenvalue weighted by Gasteiger charge is -2.14. The summed E-state index contributed by atoms with van der Waals surface area (Å²) in [7, 11) is -4.88. The summed E-state index contributed by atoms with van der Waals surface area (Å²) in [5.74, 6) is -2.17. The third-order valence-corrected chi connectivity index (χ3v) is 4.29. The normalized spacial score (nSPS) is 12.9. The van der Waals surface area contributed by atoms with Gasteiger partial charge in [-0.05, 0) is 25.1 Å². The molecule has 25 heavy (non-hydrogen) atoms. The van der Waals surface area contributed by atoms with Gasteiger partial charge < -0.3 is 15.1 Å². The van der Waals surface area contributed by atoms with E-state index in [1.54, 1.807) is 0 Å². The minimum Gasteiger partial charge on any atom is -0.319 e. The fourth-order valence-corrected chi connectivity index (χ4v) is 3.00. The highest BCUT2D eigenvalue weighted by atomic mass is 35.5. The molecule has 0 fully saturated rings. The smallest absolute Gasteiger partial charge is 0.319 e. The molecule has 1 aromatic carbocycles. The zero-order valence-electron chi connectivity index (χ0n) is 12.3. The Kier molecular flexibility index (Phi) is 6.11. The maximum Gasteiger partial charge on any atom is 0.471 e. The molecule has 0 saturated carbocycles. The third-order valence-electron chi connectivity index (χ3n) is 2.83. The fourth-order valence-electron chi connectivity index (χ4n) is 1.80. The summed E-state index contributed by atoms with van der Waals surface area (Å²) in [5.41, 5.74) is -0.558. The summed E-state index contributed by atoms with van der Waals surface area (Å²) in [4.78, 5) is 29.7. The van der Waals surface area contributed by atoms with Gasteiger partial charge in [0.1, 0.15) is 0 Å². The molecule has 0 aliphatic heterocycles. The van der Waals surface area contributed by atoms with Crippen LogP contribution < -0.4 is 5.32 Å². The van der Waals surface area contributed by atoms with Gasteiger partial charge in [-0.3, -0.25) is 9.32 Å². The van der Waals surface area contributed by atoms with E-state index in [0.29, 0.717) is 9.70 Å². The summed E-state index contributed by atoms with van der Waals surface area (Å²) >= 11 is 17.4. The number of benzene rings is 1. The average Bonchev–Trinajstić information content (AvgIpc) is 2.77. The first-order valence-corrected chi connectivity index (χ1v) is 9.10. The Balaban J connectivity index is 2.29. The van der Waals surface area contributed by atoms with Crippen LogP contribution >= 0.6 is 42.6 Å². The second-order valence-corrected chi connectivity index (χ2v) is 7.07. The summed E-state index contributed by atoms with van der Waals surface area (Å²) in [6.45, 7) is 1.16. The van der Waals surface area contributed by atoms with Gasteiger partial charge >= 0.3 is 7.82 Å². The Morgan fingerprint density at radius 2 is 2.04 bits per heavy atom. The topological polar surface area (TPSA) is 114 Å². The maximum atomic E-state index is 14.2. The molecule has 1 amide bonds. The van der Waals surface area contributed by atoms with Crippen molar-refractivity contribution in [3.63, 3.8) is 0 Å². The van der Waals surface area contributed by atoms with E-state index in [0.717, 1.165) is 6.92 Å². The molecule has 1 atom stereocenters. The number of rotatable bonds is 5. The number of halogens is 4. The minimum absolute atomic E-state index is 0.116. The van der Waals surface area contributed by atoms with E-state index < -0.39 is 36.6 Å². The molecule has 13 heteroatoms. The molecule has 0 spiro atoms. The number of aromatic nitrogens is 2. The summed E-state index contributed by atoms with van der Waals surface area (Å²) in [6, 6.07) is 4.23. The Morgan fingerprint density at radius 3 is 2.60 bits per heavy atom. The first-order chi connectivity index (χ1) is 11.5. The van der Waals surface area contributed by atoms with Crippen LogP contribution in [0.2, 0.25) is 15.2 Å². The Bertz CT molecular complexity index is 872. The molecule has 8 nitrogen and oxygen atoms in total. The predicted octanol–water partition coefficient (Wildman–Crippen LogP) is 3.86. The first-order valence-electron chi connectivity index (χ1n) is 6.43. The molecule has 1 heterocycles. The molecule has 0 aliphatic carbocycles. The van der Waals surface area contributed by atoms with Gasteiger partial charge in [-0.1, -0.05) is 34.8 Å². The van der Waals surface area contributed by atoms with Crippen LogP contribution in [-0.4, -0.2) is 25.5 Å². The third kappa shape index (κ3) is 4.92. The van der Waals surface area contributed by atoms with Gasteiger partial charge in [-0.25, -0.2) is 13.6 Å². The SMILES string of the molecule is CC(OP(=O)(O)O)n1nc(C(=O)Nc2ccc(Cl)cc2Cl)c(F)c1Cl. The highest BCUT2D eigenvalue weighted by molar-refractivity contribution is 7.46. The van der Waals surface area contributed by atoms with Crippen molar-refractivity contribution in [1.29, 1.82) is 0 Å². The number of nitrogens with one attached hydrogen (secondary N) is 1. The lowest BCUT2D eigenvalue weighted by molar-refractivity contribution is 0.0875. The summed E-state index contributed by atoms with van der Waals surface area (Å²) in [5, 5.41) is 5.72. The van der Waals surface area contributed by atoms with Crippen LogP contribution in [0, 0.1) is 5.82 Å². The molecule has 1 aromatic heterocycles. The van der Waals surface area contributed by atoms with Crippen molar-refractivity contribution in [2.45, 2.75) is 13.2 Å². The van der Waals surface area contributed by atoms with Crippen molar-refractivity contribution in [3.05, 3.63) is 44.9 Å². The van der Waals surface area contributed by atoms with E-state index in [-0.39, 0.29) is 10.7 Å². The molecule has 1 unspecified atom stereocenters. The maximum absolute atomic E-state index is 14.2. The van der Waals surface area contributed by atoms with Crippen LogP contribution in [0.5, 0.6) is 0 Å². The van der Waals surface area contributed by atoms with E-state index in [9.17, 15) is 13.8 Å². The zero-order chi connectivity index (χ0) is 18.9. The standard InChI is InChI=1S/C12H10Cl3FN3O5P/c1-5(24-25(21,22)23)19-11(15)9(16)10(18-19)12(20)17-8-3-2-6(13)4-7(8)14/h2-5H,1H3,(H,17,20)(H2,21,22,23). The monoisotopic (exact) mass is 431 g/mol. The average molecular weight is 433 g/mol. The van der Waals surface area contributed by atoms with Crippen molar-refractivity contribution in [2.75, 3.05) is 5.32 Å². The minimum atomic E-state index is -4.88. The van der Waals surface area contributed by atoms with Crippen LogP contribution in [0.4, 0.5) is 10.1 Å². The highest BCUT2D eigenvalue weighted by Gasteiger charge is 2.28. The predicted molar refractivity (Wildman–Crippen MR) is 89.5 cm³/mol. The second-order valence-electron chi connectivity index (χ2n) is 4.67. The van der Waals surface area contributed by atoms with Crippen molar-refractivity contribution in [3.8, 4) is 0 Å². The van der Waals surface area contributed by atoms with Crippen LogP contribution in [0.25, 0.3) is 0 Å². The van der Waals surface area contributed by atoms with Gasteiger partial charge in [0.25, 0.3) is 5.91 Å². The number of carbonyl (C=O) groups excluding carboxylic acids is 1. The van der Waals surface area contributed by atoms with Crippen molar-refractivity contribution >= 4 is 54.2 Å². The quantitative estimate of drug-likeness (QED) is 0.618. The number of carbonyl (C=O) groups is 1. The fraction of sp³-hybridized carbons (Fsp3) is 0.167. The molecular weight excluding hydrogens is 422 g/mol. The van der Waals surface area contributed by atoms with Gasteiger partial charge in [0.05, 0.1) is 10.7 Å². The zero-order valence-corrected chi connectivity index (χ0v) is 15.4. The Morgan fingerprint density at radius 1 is 1.40 bits per heavy atom. The van der Waals surface area contributed by atoms with Gasteiger partial charge in [-0.2, -0.15) is 5.10 Å². The van der Waals surface area contributed by atoms with Crippen molar-refractivity contribution < 1.29 is 28.1 Å². The van der Waals surface area contributed by atoms with E-state index in [1.165, 1.54) is 18.2 Å². The van der Waals surface area contributed by atoms with Gasteiger partial charge in [0, 0.05) is 5.02 Å². The van der Waals surface area contributed by atoms with E-state index in [4.69, 9.17) is 44.6 Å². The molecule has 0 radical (unpaired) electrons. The molecule has 136 valence electrons. The Labute approximate surface area is 155 Å². The lowest BCUT2D eigenvalue weighted by atomic mass is 10.3. The van der Waals surface area contributed by atoms with Crippen LogP contribution in [0.1, 0.15) is 23.6 Å². The molecular formula is C12H10Cl3FN3O5P. The Hall–Kier alpha value is -1.19. The first kappa shape index (κ1) is 20.1. The van der Waals surface area contributed by atoms with Crippen molar-refractivity contribution in [2.24, 2.45) is 0 Å². The highest BCUT2D eigenvalue weighted by Crippen LogP contribution is 2.41. The van der Waals surface area contributed by atoms with E-state index >= 15 is 0 Å². The van der Waals surface area contributed by atoms with Gasteiger partial charge in [-0.15, -0.1) is 0 Å². The second kappa shape index (κ2) is 7.59. The number of nitrogens with zero attached hydrogens (tertiary/aromatic N) is 2. The number of amides is 1. The lowest BCUT2D eigenvalue weighted by Crippen LogP contribution is -2.16.